The maximum absolute atomic E-state index is 12.0. The molecule has 3 nitrogen and oxygen atoms in total. The van der Waals surface area contributed by atoms with Crippen LogP contribution in [0.2, 0.25) is 0 Å². The normalized spacial score (nSPS) is 15.0. The zero-order valence-corrected chi connectivity index (χ0v) is 13.3. The Morgan fingerprint density at radius 1 is 1.21 bits per heavy atom. The molecule has 0 spiro atoms. The Hall–Kier alpha value is -0.570. The molecule has 5 heteroatoms. The van der Waals surface area contributed by atoms with E-state index < -0.39 is 18.8 Å². The molecule has 0 radical (unpaired) electrons. The van der Waals surface area contributed by atoms with Crippen LogP contribution < -0.4 is 0 Å². The number of rotatable bonds is 8. The lowest BCUT2D eigenvalue weighted by molar-refractivity contribution is 0.493. The Labute approximate surface area is 118 Å². The third-order valence-electron chi connectivity index (χ3n) is 3.14. The molecule has 0 bridgehead atoms. The Kier molecular flexibility index (Phi) is 7.44. The minimum atomic E-state index is -2.20. The van der Waals surface area contributed by atoms with Gasteiger partial charge in [-0.05, 0) is 30.0 Å². The average molecular weight is 301 g/mol. The molecule has 106 valence electrons. The zero-order valence-electron chi connectivity index (χ0n) is 11.5. The molecule has 0 aliphatic carbocycles. The van der Waals surface area contributed by atoms with Crippen LogP contribution in [0, 0.1) is 0 Å². The summed E-state index contributed by atoms with van der Waals surface area (Å²) in [6, 6.07) is 7.21. The fraction of sp³-hybridized carbons (Fsp3) is 0.571. The second-order valence-electron chi connectivity index (χ2n) is 4.66. The lowest BCUT2D eigenvalue weighted by atomic mass is 10.2. The maximum atomic E-state index is 12.0. The monoisotopic (exact) mass is 301 g/mol. The number of unbranched alkanes of at least 4 members (excludes halogenated alkanes) is 3. The van der Waals surface area contributed by atoms with Crippen molar-refractivity contribution in [2.24, 2.45) is 0 Å². The first-order valence-corrected chi connectivity index (χ1v) is 9.30. The zero-order chi connectivity index (χ0) is 14.3. The molecule has 0 fully saturated rings. The van der Waals surface area contributed by atoms with Gasteiger partial charge >= 0.3 is 8.03 Å². The van der Waals surface area contributed by atoms with Gasteiger partial charge < -0.3 is 0 Å². The first-order chi connectivity index (χ1) is 9.06. The fourth-order valence-corrected chi connectivity index (χ4v) is 3.37. The SMILES string of the molecule is CCCCCCS(=O)c1ccc(C(C)[P+](=O)O)cc1. The smallest absolute Gasteiger partial charge is 0.254 e. The van der Waals surface area contributed by atoms with Crippen LogP contribution in [0.1, 0.15) is 50.8 Å². The van der Waals surface area contributed by atoms with Gasteiger partial charge in [-0.1, -0.05) is 38.3 Å². The molecule has 19 heavy (non-hydrogen) atoms. The Bertz CT molecular complexity index is 431. The van der Waals surface area contributed by atoms with Crippen LogP contribution >= 0.6 is 8.03 Å². The average Bonchev–Trinajstić information content (AvgIpc) is 2.42. The fourth-order valence-electron chi connectivity index (χ4n) is 1.80. The van der Waals surface area contributed by atoms with Crippen molar-refractivity contribution in [1.82, 2.24) is 0 Å². The van der Waals surface area contributed by atoms with Crippen molar-refractivity contribution >= 4 is 18.8 Å². The molecule has 1 N–H and O–H groups in total. The van der Waals surface area contributed by atoms with E-state index in [4.69, 9.17) is 4.89 Å². The molecule has 1 aromatic carbocycles. The summed E-state index contributed by atoms with van der Waals surface area (Å²) in [6.45, 7) is 3.87. The molecule has 0 aromatic heterocycles. The minimum absolute atomic E-state index is 0.373. The highest BCUT2D eigenvalue weighted by Crippen LogP contribution is 2.36. The molecular weight excluding hydrogens is 279 g/mol. The van der Waals surface area contributed by atoms with Crippen LogP contribution in [0.4, 0.5) is 0 Å². The van der Waals surface area contributed by atoms with E-state index in [0.29, 0.717) is 5.75 Å². The molecule has 3 atom stereocenters. The van der Waals surface area contributed by atoms with Crippen molar-refractivity contribution in [3.05, 3.63) is 29.8 Å². The summed E-state index contributed by atoms with van der Waals surface area (Å²) in [5.74, 6) is 0.698. The van der Waals surface area contributed by atoms with Crippen molar-refractivity contribution < 1.29 is 13.7 Å². The van der Waals surface area contributed by atoms with Gasteiger partial charge in [0.1, 0.15) is 0 Å². The second kappa shape index (κ2) is 8.57. The Balaban J connectivity index is 2.56. The molecule has 0 saturated heterocycles. The van der Waals surface area contributed by atoms with E-state index in [1.807, 2.05) is 0 Å². The number of benzene rings is 1. The Morgan fingerprint density at radius 2 is 1.84 bits per heavy atom. The van der Waals surface area contributed by atoms with Crippen LogP contribution in [-0.4, -0.2) is 14.9 Å². The quantitative estimate of drug-likeness (QED) is 0.579. The van der Waals surface area contributed by atoms with Crippen molar-refractivity contribution in [2.75, 3.05) is 5.75 Å². The van der Waals surface area contributed by atoms with Gasteiger partial charge in [0.25, 0.3) is 0 Å². The minimum Gasteiger partial charge on any atom is -0.254 e. The predicted molar refractivity (Wildman–Crippen MR) is 80.1 cm³/mol. The van der Waals surface area contributed by atoms with Gasteiger partial charge in [0.15, 0.2) is 0 Å². The molecule has 1 aromatic rings. The van der Waals surface area contributed by atoms with E-state index >= 15 is 0 Å². The third kappa shape index (κ3) is 5.52. The second-order valence-corrected chi connectivity index (χ2v) is 7.61. The predicted octanol–water partition coefficient (Wildman–Crippen LogP) is 4.17. The van der Waals surface area contributed by atoms with Crippen molar-refractivity contribution in [1.29, 1.82) is 0 Å². The topological polar surface area (TPSA) is 54.4 Å². The van der Waals surface area contributed by atoms with Crippen LogP contribution in [0.3, 0.4) is 0 Å². The summed E-state index contributed by atoms with van der Waals surface area (Å²) in [5, 5.41) is 0. The highest BCUT2D eigenvalue weighted by atomic mass is 32.2. The molecule has 0 aliphatic heterocycles. The third-order valence-corrected chi connectivity index (χ3v) is 5.56. The van der Waals surface area contributed by atoms with Gasteiger partial charge in [-0.25, -0.2) is 0 Å². The summed E-state index contributed by atoms with van der Waals surface area (Å²) in [6.07, 6.45) is 4.49. The summed E-state index contributed by atoms with van der Waals surface area (Å²) < 4.78 is 23.0. The van der Waals surface area contributed by atoms with E-state index in [-0.39, 0.29) is 5.66 Å². The van der Waals surface area contributed by atoms with Gasteiger partial charge in [0, 0.05) is 16.2 Å². The standard InChI is InChI=1S/C14H21O3PS/c1-3-4-5-6-11-19(17)14-9-7-13(8-10-14)12(2)18(15)16/h7-10,12H,3-6,11H2,1-2H3/p+1. The van der Waals surface area contributed by atoms with E-state index in [0.717, 1.165) is 23.3 Å². The van der Waals surface area contributed by atoms with E-state index in [1.165, 1.54) is 12.8 Å². The molecule has 1 rings (SSSR count). The van der Waals surface area contributed by atoms with Crippen LogP contribution in [-0.2, 0) is 15.4 Å². The summed E-state index contributed by atoms with van der Waals surface area (Å²) in [4.78, 5) is 9.87. The van der Waals surface area contributed by atoms with Crippen LogP contribution in [0.25, 0.3) is 0 Å². The van der Waals surface area contributed by atoms with E-state index in [1.54, 1.807) is 31.2 Å². The molecule has 3 unspecified atom stereocenters. The summed E-state index contributed by atoms with van der Waals surface area (Å²) in [7, 11) is -3.16. The molecule has 0 saturated carbocycles. The van der Waals surface area contributed by atoms with E-state index in [9.17, 15) is 8.77 Å². The molecule has 0 amide bonds. The van der Waals surface area contributed by atoms with Crippen LogP contribution in [0.5, 0.6) is 0 Å². The number of hydrogen-bond donors (Lipinski definition) is 1. The molecular formula is C14H22O3PS+. The maximum Gasteiger partial charge on any atom is 0.513 e. The van der Waals surface area contributed by atoms with Crippen molar-refractivity contribution in [3.8, 4) is 0 Å². The molecule has 0 heterocycles. The highest BCUT2D eigenvalue weighted by Gasteiger charge is 2.25. The highest BCUT2D eigenvalue weighted by molar-refractivity contribution is 7.85. The van der Waals surface area contributed by atoms with Gasteiger partial charge in [-0.3, -0.25) is 4.21 Å². The lowest BCUT2D eigenvalue weighted by Crippen LogP contribution is -1.99. The van der Waals surface area contributed by atoms with Gasteiger partial charge in [-0.15, -0.1) is 0 Å². The van der Waals surface area contributed by atoms with Gasteiger partial charge in [-0.2, -0.15) is 4.89 Å². The van der Waals surface area contributed by atoms with E-state index in [2.05, 4.69) is 6.92 Å². The lowest BCUT2D eigenvalue weighted by Gasteiger charge is -2.04. The molecule has 0 aliphatic rings. The number of hydrogen-bond acceptors (Lipinski definition) is 2. The van der Waals surface area contributed by atoms with Gasteiger partial charge in [0.2, 0.25) is 5.66 Å². The van der Waals surface area contributed by atoms with Crippen molar-refractivity contribution in [2.45, 2.75) is 50.1 Å². The van der Waals surface area contributed by atoms with Crippen LogP contribution in [0.15, 0.2) is 29.2 Å². The first kappa shape index (κ1) is 16.5. The summed E-state index contributed by atoms with van der Waals surface area (Å²) in [5.41, 5.74) is 0.442. The first-order valence-electron chi connectivity index (χ1n) is 6.69. The Morgan fingerprint density at radius 3 is 2.37 bits per heavy atom. The van der Waals surface area contributed by atoms with Crippen molar-refractivity contribution in [3.63, 3.8) is 0 Å². The van der Waals surface area contributed by atoms with Gasteiger partial charge in [0.05, 0.1) is 10.8 Å². The summed E-state index contributed by atoms with van der Waals surface area (Å²) >= 11 is 0. The largest absolute Gasteiger partial charge is 0.513 e.